The van der Waals surface area contributed by atoms with E-state index < -0.39 is 5.92 Å². The van der Waals surface area contributed by atoms with Crippen LogP contribution in [-0.2, 0) is 12.8 Å². The molecule has 0 saturated heterocycles. The summed E-state index contributed by atoms with van der Waals surface area (Å²) < 4.78 is 26.5. The van der Waals surface area contributed by atoms with Gasteiger partial charge in [-0.3, -0.25) is 0 Å². The zero-order valence-corrected chi connectivity index (χ0v) is 8.32. The van der Waals surface area contributed by atoms with Crippen molar-refractivity contribution in [3.05, 3.63) is 34.9 Å². The highest BCUT2D eigenvalue weighted by Gasteiger charge is 2.31. The molecule has 14 heavy (non-hydrogen) atoms. The van der Waals surface area contributed by atoms with Crippen molar-refractivity contribution in [2.45, 2.75) is 38.5 Å². The Labute approximate surface area is 82.9 Å². The van der Waals surface area contributed by atoms with Crippen molar-refractivity contribution in [2.75, 3.05) is 0 Å². The molecule has 2 heteroatoms. The molecule has 0 saturated carbocycles. The highest BCUT2D eigenvalue weighted by molar-refractivity contribution is 5.33. The number of alkyl halides is 2. The Balaban J connectivity index is 2.38. The predicted octanol–water partition coefficient (Wildman–Crippen LogP) is 3.51. The molecular formula is C12H14F2. The van der Waals surface area contributed by atoms with Gasteiger partial charge in [-0.05, 0) is 30.9 Å². The summed E-state index contributed by atoms with van der Waals surface area (Å²) >= 11 is 0. The van der Waals surface area contributed by atoms with Gasteiger partial charge in [0, 0.05) is 12.8 Å². The molecule has 2 rings (SSSR count). The smallest absolute Gasteiger partial charge is 0.207 e. The van der Waals surface area contributed by atoms with E-state index in [9.17, 15) is 8.78 Å². The molecule has 1 aromatic carbocycles. The quantitative estimate of drug-likeness (QED) is 0.557. The van der Waals surface area contributed by atoms with E-state index in [-0.39, 0.29) is 12.8 Å². The summed E-state index contributed by atoms with van der Waals surface area (Å²) in [6.45, 7) is 1.95. The molecule has 0 radical (unpaired) electrons. The predicted molar refractivity (Wildman–Crippen MR) is 52.8 cm³/mol. The Kier molecular flexibility index (Phi) is 2.30. The molecule has 1 aliphatic rings. The summed E-state index contributed by atoms with van der Waals surface area (Å²) in [6, 6.07) is 5.89. The van der Waals surface area contributed by atoms with E-state index >= 15 is 0 Å². The van der Waals surface area contributed by atoms with E-state index in [0.29, 0.717) is 6.42 Å². The maximum absolute atomic E-state index is 13.3. The van der Waals surface area contributed by atoms with Crippen LogP contribution < -0.4 is 0 Å². The molecule has 0 aromatic heterocycles. The minimum Gasteiger partial charge on any atom is -0.207 e. The summed E-state index contributed by atoms with van der Waals surface area (Å²) in [5.41, 5.74) is 3.02. The summed E-state index contributed by atoms with van der Waals surface area (Å²) in [4.78, 5) is 0. The monoisotopic (exact) mass is 196 g/mol. The van der Waals surface area contributed by atoms with E-state index in [1.165, 1.54) is 0 Å². The van der Waals surface area contributed by atoms with Gasteiger partial charge in [0.1, 0.15) is 0 Å². The lowest BCUT2D eigenvalue weighted by Gasteiger charge is -2.13. The first-order valence-electron chi connectivity index (χ1n) is 5.03. The molecule has 0 fully saturated rings. The van der Waals surface area contributed by atoms with Crippen LogP contribution in [0.25, 0.3) is 0 Å². The molecule has 1 aromatic rings. The fourth-order valence-corrected chi connectivity index (χ4v) is 2.07. The Morgan fingerprint density at radius 3 is 2.79 bits per heavy atom. The fraction of sp³-hybridized carbons (Fsp3) is 0.500. The second-order valence-corrected chi connectivity index (χ2v) is 4.16. The Morgan fingerprint density at radius 1 is 1.21 bits per heavy atom. The Morgan fingerprint density at radius 2 is 2.00 bits per heavy atom. The number of rotatable bonds is 0. The van der Waals surface area contributed by atoms with Crippen LogP contribution in [0, 0.1) is 6.92 Å². The van der Waals surface area contributed by atoms with Crippen LogP contribution >= 0.6 is 0 Å². The molecule has 0 bridgehead atoms. The molecule has 0 amide bonds. The topological polar surface area (TPSA) is 0 Å². The largest absolute Gasteiger partial charge is 0.252 e. The van der Waals surface area contributed by atoms with Crippen LogP contribution in [0.15, 0.2) is 18.2 Å². The van der Waals surface area contributed by atoms with Crippen LogP contribution in [0.4, 0.5) is 8.78 Å². The lowest BCUT2D eigenvalue weighted by Crippen LogP contribution is -2.17. The summed E-state index contributed by atoms with van der Waals surface area (Å²) in [5, 5.41) is 0. The zero-order chi connectivity index (χ0) is 10.2. The first-order chi connectivity index (χ1) is 6.57. The van der Waals surface area contributed by atoms with Gasteiger partial charge in [0.15, 0.2) is 0 Å². The third-order valence-electron chi connectivity index (χ3n) is 2.80. The standard InChI is InChI=1S/C12H14F2/c1-9-4-5-10-3-2-6-12(13,14)8-11(10)7-9/h4-5,7H,2-3,6,8H2,1H3. The lowest BCUT2D eigenvalue weighted by atomic mass is 10.00. The molecule has 0 N–H and O–H groups in total. The normalized spacial score (nSPS) is 19.9. The minimum absolute atomic E-state index is 0.0285. The number of hydrogen-bond donors (Lipinski definition) is 0. The SMILES string of the molecule is Cc1ccc2c(c1)CC(F)(F)CCC2. The van der Waals surface area contributed by atoms with Gasteiger partial charge in [0.05, 0.1) is 0 Å². The van der Waals surface area contributed by atoms with Crippen molar-refractivity contribution in [2.24, 2.45) is 0 Å². The first-order valence-corrected chi connectivity index (χ1v) is 5.03. The van der Waals surface area contributed by atoms with E-state index in [2.05, 4.69) is 0 Å². The third kappa shape index (κ3) is 1.94. The van der Waals surface area contributed by atoms with Gasteiger partial charge in [0.2, 0.25) is 0 Å². The average molecular weight is 196 g/mol. The van der Waals surface area contributed by atoms with Crippen molar-refractivity contribution >= 4 is 0 Å². The van der Waals surface area contributed by atoms with Crippen LogP contribution in [0.2, 0.25) is 0 Å². The maximum atomic E-state index is 13.3. The molecule has 1 aliphatic carbocycles. The summed E-state index contributed by atoms with van der Waals surface area (Å²) in [6.07, 6.45) is 1.35. The van der Waals surface area contributed by atoms with Crippen molar-refractivity contribution in [3.8, 4) is 0 Å². The Hall–Kier alpha value is -0.920. The van der Waals surface area contributed by atoms with E-state index in [0.717, 1.165) is 23.1 Å². The van der Waals surface area contributed by atoms with Gasteiger partial charge in [-0.2, -0.15) is 0 Å². The number of halogens is 2. The second kappa shape index (κ2) is 3.34. The summed E-state index contributed by atoms with van der Waals surface area (Å²) in [7, 11) is 0. The number of hydrogen-bond acceptors (Lipinski definition) is 0. The molecule has 0 unspecified atom stereocenters. The van der Waals surface area contributed by atoms with Crippen LogP contribution in [-0.4, -0.2) is 5.92 Å². The van der Waals surface area contributed by atoms with Crippen molar-refractivity contribution in [1.29, 1.82) is 0 Å². The van der Waals surface area contributed by atoms with Crippen molar-refractivity contribution in [1.82, 2.24) is 0 Å². The van der Waals surface area contributed by atoms with E-state index in [1.54, 1.807) is 0 Å². The van der Waals surface area contributed by atoms with Gasteiger partial charge in [0.25, 0.3) is 5.92 Å². The van der Waals surface area contributed by atoms with Crippen LogP contribution in [0.3, 0.4) is 0 Å². The van der Waals surface area contributed by atoms with Crippen molar-refractivity contribution < 1.29 is 8.78 Å². The molecule has 76 valence electrons. The fourth-order valence-electron chi connectivity index (χ4n) is 2.07. The first kappa shape index (κ1) is 9.63. The maximum Gasteiger partial charge on any atom is 0.252 e. The minimum atomic E-state index is -2.50. The highest BCUT2D eigenvalue weighted by atomic mass is 19.3. The summed E-state index contributed by atoms with van der Waals surface area (Å²) in [5.74, 6) is -2.50. The van der Waals surface area contributed by atoms with Crippen LogP contribution in [0.1, 0.15) is 29.5 Å². The number of fused-ring (bicyclic) bond motifs is 1. The molecule has 0 nitrogen and oxygen atoms in total. The zero-order valence-electron chi connectivity index (χ0n) is 8.32. The second-order valence-electron chi connectivity index (χ2n) is 4.16. The van der Waals surface area contributed by atoms with Gasteiger partial charge in [-0.15, -0.1) is 0 Å². The number of benzene rings is 1. The highest BCUT2D eigenvalue weighted by Crippen LogP contribution is 2.32. The van der Waals surface area contributed by atoms with Crippen molar-refractivity contribution in [3.63, 3.8) is 0 Å². The van der Waals surface area contributed by atoms with Crippen LogP contribution in [0.5, 0.6) is 0 Å². The number of aryl methyl sites for hydroxylation is 2. The lowest BCUT2D eigenvalue weighted by molar-refractivity contribution is -0.00644. The molecule has 0 spiro atoms. The Bertz CT molecular complexity index is 342. The van der Waals surface area contributed by atoms with Gasteiger partial charge in [-0.1, -0.05) is 23.8 Å². The van der Waals surface area contributed by atoms with E-state index in [4.69, 9.17) is 0 Å². The van der Waals surface area contributed by atoms with E-state index in [1.807, 2.05) is 25.1 Å². The molecular weight excluding hydrogens is 182 g/mol. The molecule has 0 heterocycles. The molecule has 0 aliphatic heterocycles. The van der Waals surface area contributed by atoms with Gasteiger partial charge >= 0.3 is 0 Å². The average Bonchev–Trinajstić information content (AvgIpc) is 2.21. The molecule has 0 atom stereocenters. The van der Waals surface area contributed by atoms with Gasteiger partial charge < -0.3 is 0 Å². The third-order valence-corrected chi connectivity index (χ3v) is 2.80. The van der Waals surface area contributed by atoms with Gasteiger partial charge in [-0.25, -0.2) is 8.78 Å².